The van der Waals surface area contributed by atoms with Gasteiger partial charge in [0.15, 0.2) is 0 Å². The summed E-state index contributed by atoms with van der Waals surface area (Å²) in [5, 5.41) is 10.6. The van der Waals surface area contributed by atoms with E-state index in [2.05, 4.69) is 4.72 Å². The molecule has 0 fully saturated rings. The van der Waals surface area contributed by atoms with Crippen LogP contribution >= 0.6 is 22.9 Å². The van der Waals surface area contributed by atoms with Crippen LogP contribution in [0.15, 0.2) is 40.6 Å². The topological polar surface area (TPSA) is 86.3 Å². The number of carbonyl (C=O) groups is 1. The molecule has 1 N–H and O–H groups in total. The molecule has 0 radical (unpaired) electrons. The van der Waals surface area contributed by atoms with E-state index in [1.54, 1.807) is 0 Å². The molecule has 0 saturated carbocycles. The molecule has 1 heterocycles. The molecule has 0 unspecified atom stereocenters. The normalized spacial score (nSPS) is 11.2. The van der Waals surface area contributed by atoms with Gasteiger partial charge in [-0.05, 0) is 29.8 Å². The zero-order chi connectivity index (χ0) is 14.0. The molecule has 5 nitrogen and oxygen atoms in total. The number of sulfonamides is 1. The van der Waals surface area contributed by atoms with E-state index < -0.39 is 16.0 Å². The van der Waals surface area contributed by atoms with Crippen LogP contribution in [0.5, 0.6) is 0 Å². The van der Waals surface area contributed by atoms with Gasteiger partial charge in [-0.15, -0.1) is 11.3 Å². The van der Waals surface area contributed by atoms with E-state index in [0.717, 1.165) is 11.3 Å². The molecule has 1 aromatic heterocycles. The Morgan fingerprint density at radius 3 is 2.26 bits per heavy atom. The molecule has 0 spiro atoms. The zero-order valence-electron chi connectivity index (χ0n) is 9.29. The highest BCUT2D eigenvalue weighted by Crippen LogP contribution is 2.27. The Hall–Kier alpha value is -1.57. The Morgan fingerprint density at radius 1 is 1.16 bits per heavy atom. The lowest BCUT2D eigenvalue weighted by atomic mass is 10.2. The molecule has 2 aromatic rings. The van der Waals surface area contributed by atoms with Crippen molar-refractivity contribution in [2.24, 2.45) is 0 Å². The summed E-state index contributed by atoms with van der Waals surface area (Å²) < 4.78 is 26.7. The predicted octanol–water partition coefficient (Wildman–Crippen LogP) is 1.57. The number of nitrogens with one attached hydrogen (secondary N) is 1. The van der Waals surface area contributed by atoms with Gasteiger partial charge in [-0.3, -0.25) is 4.72 Å². The Labute approximate surface area is 118 Å². The number of rotatable bonds is 4. The third kappa shape index (κ3) is 3.25. The van der Waals surface area contributed by atoms with Crippen molar-refractivity contribution in [1.29, 1.82) is 0 Å². The van der Waals surface area contributed by atoms with Gasteiger partial charge in [0.2, 0.25) is 0 Å². The lowest BCUT2D eigenvalue weighted by Crippen LogP contribution is -2.22. The average Bonchev–Trinajstić information content (AvgIpc) is 2.77. The Kier molecular flexibility index (Phi) is 3.79. The van der Waals surface area contributed by atoms with Crippen LogP contribution in [0.3, 0.4) is 0 Å². The van der Waals surface area contributed by atoms with Crippen molar-refractivity contribution in [3.8, 4) is 0 Å². The summed E-state index contributed by atoms with van der Waals surface area (Å²) in [6, 6.07) is 8.09. The molecule has 2 rings (SSSR count). The van der Waals surface area contributed by atoms with Gasteiger partial charge in [0.25, 0.3) is 10.0 Å². The van der Waals surface area contributed by atoms with Crippen LogP contribution in [-0.4, -0.2) is 14.4 Å². The maximum Gasteiger partial charge on any atom is 0.271 e. The van der Waals surface area contributed by atoms with Crippen LogP contribution in [-0.2, 0) is 10.0 Å². The fourth-order valence-corrected chi connectivity index (χ4v) is 3.86. The largest absolute Gasteiger partial charge is 0.545 e. The van der Waals surface area contributed by atoms with E-state index in [-0.39, 0.29) is 15.5 Å². The number of halogens is 1. The number of carboxylic acids is 1. The number of hydrogen-bond acceptors (Lipinski definition) is 5. The maximum absolute atomic E-state index is 11.9. The fourth-order valence-electron chi connectivity index (χ4n) is 1.32. The van der Waals surface area contributed by atoms with Crippen LogP contribution < -0.4 is 9.83 Å². The highest BCUT2D eigenvalue weighted by Gasteiger charge is 2.16. The minimum atomic E-state index is -3.70. The summed E-state index contributed by atoms with van der Waals surface area (Å²) in [6.07, 6.45) is 0. The van der Waals surface area contributed by atoms with Gasteiger partial charge >= 0.3 is 0 Å². The van der Waals surface area contributed by atoms with Gasteiger partial charge in [-0.1, -0.05) is 23.7 Å². The molecule has 8 heteroatoms. The molecule has 1 aromatic carbocycles. The maximum atomic E-state index is 11.9. The second-order valence-electron chi connectivity index (χ2n) is 3.53. The van der Waals surface area contributed by atoms with Crippen molar-refractivity contribution in [3.63, 3.8) is 0 Å². The van der Waals surface area contributed by atoms with E-state index >= 15 is 0 Å². The van der Waals surface area contributed by atoms with Crippen LogP contribution in [0.2, 0.25) is 4.34 Å². The van der Waals surface area contributed by atoms with Crippen LogP contribution in [0.1, 0.15) is 10.4 Å². The lowest BCUT2D eigenvalue weighted by molar-refractivity contribution is -0.255. The summed E-state index contributed by atoms with van der Waals surface area (Å²) in [7, 11) is -3.70. The van der Waals surface area contributed by atoms with Crippen molar-refractivity contribution >= 4 is 44.6 Å². The Bertz CT molecular complexity index is 707. The first-order chi connectivity index (χ1) is 8.88. The highest BCUT2D eigenvalue weighted by molar-refractivity contribution is 7.94. The number of benzene rings is 1. The van der Waals surface area contributed by atoms with Gasteiger partial charge in [0.1, 0.15) is 4.21 Å². The number of anilines is 1. The zero-order valence-corrected chi connectivity index (χ0v) is 11.7. The number of carbonyl (C=O) groups excluding carboxylic acids is 1. The predicted molar refractivity (Wildman–Crippen MR) is 70.9 cm³/mol. The molecule has 0 atom stereocenters. The molecule has 19 heavy (non-hydrogen) atoms. The molecule has 0 aliphatic carbocycles. The van der Waals surface area contributed by atoms with Gasteiger partial charge in [-0.25, -0.2) is 8.42 Å². The third-order valence-electron chi connectivity index (χ3n) is 2.19. The first-order valence-electron chi connectivity index (χ1n) is 4.98. The average molecular weight is 317 g/mol. The minimum Gasteiger partial charge on any atom is -0.545 e. The monoisotopic (exact) mass is 316 g/mol. The number of carboxylic acid groups (broad SMARTS) is 1. The van der Waals surface area contributed by atoms with E-state index in [0.29, 0.717) is 4.34 Å². The van der Waals surface area contributed by atoms with Gasteiger partial charge < -0.3 is 9.90 Å². The number of hydrogen-bond donors (Lipinski definition) is 1. The SMILES string of the molecule is O=C([O-])c1ccc(NS(=O)(=O)c2ccc(Cl)s2)cc1. The third-order valence-corrected chi connectivity index (χ3v) is 5.29. The first kappa shape index (κ1) is 13.9. The standard InChI is InChI=1S/C11H8ClNO4S2/c12-9-5-6-10(18-9)19(16,17)13-8-3-1-7(2-4-8)11(14)15/h1-6,13H,(H,14,15)/p-1. The van der Waals surface area contributed by atoms with E-state index in [4.69, 9.17) is 11.6 Å². The van der Waals surface area contributed by atoms with Crippen LogP contribution in [0.4, 0.5) is 5.69 Å². The summed E-state index contributed by atoms with van der Waals surface area (Å²) in [4.78, 5) is 10.6. The number of aromatic carboxylic acids is 1. The molecule has 0 aliphatic heterocycles. The molecule has 0 amide bonds. The highest BCUT2D eigenvalue weighted by atomic mass is 35.5. The Balaban J connectivity index is 2.23. The molecule has 0 aliphatic rings. The molecular formula is C11H7ClNO4S2-. The smallest absolute Gasteiger partial charge is 0.271 e. The summed E-state index contributed by atoms with van der Waals surface area (Å²) in [6.45, 7) is 0. The number of thiophene rings is 1. The van der Waals surface area contributed by atoms with Gasteiger partial charge in [0.05, 0.1) is 10.3 Å². The Morgan fingerprint density at radius 2 is 1.79 bits per heavy atom. The van der Waals surface area contributed by atoms with Crippen LogP contribution in [0, 0.1) is 0 Å². The van der Waals surface area contributed by atoms with Crippen molar-refractivity contribution in [2.75, 3.05) is 4.72 Å². The minimum absolute atomic E-state index is 0.0258. The fraction of sp³-hybridized carbons (Fsp3) is 0. The van der Waals surface area contributed by atoms with Crippen molar-refractivity contribution in [2.45, 2.75) is 4.21 Å². The molecular weight excluding hydrogens is 310 g/mol. The van der Waals surface area contributed by atoms with Gasteiger partial charge in [-0.2, -0.15) is 0 Å². The second kappa shape index (κ2) is 5.20. The van der Waals surface area contributed by atoms with E-state index in [1.807, 2.05) is 0 Å². The molecule has 100 valence electrons. The van der Waals surface area contributed by atoms with Crippen LogP contribution in [0.25, 0.3) is 0 Å². The quantitative estimate of drug-likeness (QED) is 0.927. The molecule has 0 saturated heterocycles. The van der Waals surface area contributed by atoms with E-state index in [9.17, 15) is 18.3 Å². The summed E-state index contributed by atoms with van der Waals surface area (Å²) >= 11 is 6.61. The second-order valence-corrected chi connectivity index (χ2v) is 7.15. The summed E-state index contributed by atoms with van der Waals surface area (Å²) in [5.41, 5.74) is 0.233. The first-order valence-corrected chi connectivity index (χ1v) is 7.66. The lowest BCUT2D eigenvalue weighted by Gasteiger charge is -2.07. The summed E-state index contributed by atoms with van der Waals surface area (Å²) in [5.74, 6) is -1.32. The van der Waals surface area contributed by atoms with Gasteiger partial charge in [0, 0.05) is 5.69 Å². The van der Waals surface area contributed by atoms with E-state index in [1.165, 1.54) is 36.4 Å². The van der Waals surface area contributed by atoms with Crippen molar-refractivity contribution in [3.05, 3.63) is 46.3 Å². The van der Waals surface area contributed by atoms with Crippen molar-refractivity contribution < 1.29 is 18.3 Å². The molecule has 0 bridgehead atoms. The van der Waals surface area contributed by atoms with Crippen molar-refractivity contribution in [1.82, 2.24) is 0 Å².